The fourth-order valence-corrected chi connectivity index (χ4v) is 5.30. The number of amides is 1. The fourth-order valence-electron chi connectivity index (χ4n) is 3.57. The number of Topliss-reactive ketones (excluding diaryl/α,β-unsaturated/α-hetero) is 1. The average molecular weight is 437 g/mol. The van der Waals surface area contributed by atoms with E-state index >= 15 is 0 Å². The highest BCUT2D eigenvalue weighted by Crippen LogP contribution is 2.44. The number of aromatic nitrogens is 1. The summed E-state index contributed by atoms with van der Waals surface area (Å²) >= 11 is 2.61. The maximum Gasteiger partial charge on any atom is 0.296 e. The predicted molar refractivity (Wildman–Crippen MR) is 116 cm³/mol. The summed E-state index contributed by atoms with van der Waals surface area (Å²) in [5, 5.41) is 12.9. The summed E-state index contributed by atoms with van der Waals surface area (Å²) in [6.07, 6.45) is 2.37. The van der Waals surface area contributed by atoms with Crippen LogP contribution in [0.2, 0.25) is 0 Å². The van der Waals surface area contributed by atoms with Crippen molar-refractivity contribution in [2.24, 2.45) is 0 Å². The Hall–Kier alpha value is -3.23. The van der Waals surface area contributed by atoms with Gasteiger partial charge in [-0.15, -0.1) is 11.3 Å². The van der Waals surface area contributed by atoms with Crippen molar-refractivity contribution < 1.29 is 19.1 Å². The lowest BCUT2D eigenvalue weighted by Gasteiger charge is -2.21. The van der Waals surface area contributed by atoms with Crippen LogP contribution in [0.25, 0.3) is 10.2 Å². The first kappa shape index (κ1) is 18.8. The number of fused-ring (bicyclic) bond motifs is 1. The first-order valence-corrected chi connectivity index (χ1v) is 11.1. The topological polar surface area (TPSA) is 83.6 Å². The largest absolute Gasteiger partial charge is 0.503 e. The molecule has 4 aromatic rings. The molecule has 150 valence electrons. The molecule has 0 saturated carbocycles. The normalized spacial score (nSPS) is 16.8. The second kappa shape index (κ2) is 7.23. The van der Waals surface area contributed by atoms with Crippen molar-refractivity contribution in [3.05, 3.63) is 81.6 Å². The molecule has 0 spiro atoms. The lowest BCUT2D eigenvalue weighted by atomic mass is 10.0. The van der Waals surface area contributed by atoms with Crippen molar-refractivity contribution in [1.82, 2.24) is 4.98 Å². The Morgan fingerprint density at radius 3 is 2.83 bits per heavy atom. The van der Waals surface area contributed by atoms with Gasteiger partial charge in [0.1, 0.15) is 11.8 Å². The van der Waals surface area contributed by atoms with Gasteiger partial charge in [-0.3, -0.25) is 14.5 Å². The summed E-state index contributed by atoms with van der Waals surface area (Å²) in [5.41, 5.74) is 1.93. The van der Waals surface area contributed by atoms with Crippen LogP contribution in [0, 0.1) is 0 Å². The SMILES string of the molecule is CCc1ccc2nc(N3C(=O)C(O)=C(C(=O)c4cccs4)[C@@H]3c3ccco3)sc2c1. The van der Waals surface area contributed by atoms with E-state index in [9.17, 15) is 14.7 Å². The molecular formula is C22H16N2O4S2. The fraction of sp³-hybridized carbons (Fsp3) is 0.136. The quantitative estimate of drug-likeness (QED) is 0.430. The zero-order valence-electron chi connectivity index (χ0n) is 15.9. The van der Waals surface area contributed by atoms with Gasteiger partial charge in [0.25, 0.3) is 5.91 Å². The van der Waals surface area contributed by atoms with Crippen LogP contribution in [0.3, 0.4) is 0 Å². The number of hydrogen-bond donors (Lipinski definition) is 1. The summed E-state index contributed by atoms with van der Waals surface area (Å²) in [5.74, 6) is -1.23. The van der Waals surface area contributed by atoms with Crippen LogP contribution < -0.4 is 4.90 Å². The van der Waals surface area contributed by atoms with E-state index in [0.29, 0.717) is 15.8 Å². The number of nitrogens with zero attached hydrogens (tertiary/aromatic N) is 2. The molecule has 5 rings (SSSR count). The van der Waals surface area contributed by atoms with Crippen LogP contribution in [0.1, 0.15) is 34.0 Å². The zero-order chi connectivity index (χ0) is 20.8. The summed E-state index contributed by atoms with van der Waals surface area (Å²) in [4.78, 5) is 32.7. The van der Waals surface area contributed by atoms with Crippen molar-refractivity contribution >= 4 is 49.7 Å². The van der Waals surface area contributed by atoms with E-state index in [1.807, 2.05) is 18.2 Å². The molecule has 0 saturated heterocycles. The van der Waals surface area contributed by atoms with E-state index in [2.05, 4.69) is 11.9 Å². The Balaban J connectivity index is 1.65. The summed E-state index contributed by atoms with van der Waals surface area (Å²) in [7, 11) is 0. The molecule has 1 N–H and O–H groups in total. The van der Waals surface area contributed by atoms with Crippen molar-refractivity contribution in [1.29, 1.82) is 0 Å². The van der Waals surface area contributed by atoms with Gasteiger partial charge in [0.05, 0.1) is 26.9 Å². The Bertz CT molecular complexity index is 1290. The maximum atomic E-state index is 13.2. The van der Waals surface area contributed by atoms with Crippen LogP contribution >= 0.6 is 22.7 Å². The third kappa shape index (κ3) is 2.88. The third-order valence-electron chi connectivity index (χ3n) is 5.07. The van der Waals surface area contributed by atoms with Crippen LogP contribution in [-0.4, -0.2) is 21.8 Å². The van der Waals surface area contributed by atoms with Crippen LogP contribution in [0.5, 0.6) is 0 Å². The summed E-state index contributed by atoms with van der Waals surface area (Å²) in [6, 6.07) is 11.9. The van der Waals surface area contributed by atoms with E-state index < -0.39 is 23.5 Å². The zero-order valence-corrected chi connectivity index (χ0v) is 17.5. The van der Waals surface area contributed by atoms with E-state index in [-0.39, 0.29) is 5.57 Å². The molecule has 1 aliphatic rings. The molecule has 0 fully saturated rings. The molecule has 0 radical (unpaired) electrons. The minimum Gasteiger partial charge on any atom is -0.503 e. The van der Waals surface area contributed by atoms with Crippen molar-refractivity contribution in [2.45, 2.75) is 19.4 Å². The summed E-state index contributed by atoms with van der Waals surface area (Å²) < 4.78 is 6.50. The number of aliphatic hydroxyl groups is 1. The van der Waals surface area contributed by atoms with Gasteiger partial charge in [-0.05, 0) is 47.7 Å². The van der Waals surface area contributed by atoms with Crippen molar-refractivity contribution in [3.63, 3.8) is 0 Å². The van der Waals surface area contributed by atoms with Crippen LogP contribution in [-0.2, 0) is 11.2 Å². The number of aryl methyl sites for hydroxylation is 1. The smallest absolute Gasteiger partial charge is 0.296 e. The Kier molecular flexibility index (Phi) is 4.52. The van der Waals surface area contributed by atoms with E-state index in [0.717, 1.165) is 16.6 Å². The van der Waals surface area contributed by atoms with Gasteiger partial charge in [0.15, 0.2) is 10.9 Å². The van der Waals surface area contributed by atoms with Gasteiger partial charge in [0.2, 0.25) is 5.78 Å². The number of ketones is 1. The Morgan fingerprint density at radius 2 is 2.13 bits per heavy atom. The molecule has 1 atom stereocenters. The Morgan fingerprint density at radius 1 is 1.27 bits per heavy atom. The number of anilines is 1. The van der Waals surface area contributed by atoms with Crippen molar-refractivity contribution in [2.75, 3.05) is 4.90 Å². The average Bonchev–Trinajstić information content (AvgIpc) is 3.54. The lowest BCUT2D eigenvalue weighted by molar-refractivity contribution is -0.117. The first-order valence-electron chi connectivity index (χ1n) is 9.36. The second-order valence-electron chi connectivity index (χ2n) is 6.81. The van der Waals surface area contributed by atoms with E-state index in [1.54, 1.807) is 29.6 Å². The molecule has 8 heteroatoms. The van der Waals surface area contributed by atoms with Gasteiger partial charge < -0.3 is 9.52 Å². The maximum absolute atomic E-state index is 13.2. The molecule has 0 unspecified atom stereocenters. The standard InChI is InChI=1S/C22H16N2O4S2/c1-2-12-7-8-13-16(11-12)30-22(23-13)24-18(14-5-3-9-28-14)17(20(26)21(24)27)19(25)15-6-4-10-29-15/h3-11,18,26H,2H2,1H3/t18-/m0/s1. The van der Waals surface area contributed by atoms with Gasteiger partial charge in [0, 0.05) is 0 Å². The number of aliphatic hydroxyl groups excluding tert-OH is 1. The molecular weight excluding hydrogens is 420 g/mol. The number of carbonyl (C=O) groups is 2. The second-order valence-corrected chi connectivity index (χ2v) is 8.77. The molecule has 30 heavy (non-hydrogen) atoms. The monoisotopic (exact) mass is 436 g/mol. The highest BCUT2D eigenvalue weighted by molar-refractivity contribution is 7.22. The minimum absolute atomic E-state index is 0.00547. The first-order chi connectivity index (χ1) is 14.6. The van der Waals surface area contributed by atoms with Gasteiger partial charge in [-0.1, -0.05) is 30.4 Å². The molecule has 1 aromatic carbocycles. The highest BCUT2D eigenvalue weighted by atomic mass is 32.1. The van der Waals surface area contributed by atoms with Gasteiger partial charge in [-0.2, -0.15) is 0 Å². The molecule has 0 bridgehead atoms. The van der Waals surface area contributed by atoms with E-state index in [1.165, 1.54) is 39.4 Å². The lowest BCUT2D eigenvalue weighted by Crippen LogP contribution is -2.30. The van der Waals surface area contributed by atoms with Gasteiger partial charge >= 0.3 is 0 Å². The predicted octanol–water partition coefficient (Wildman–Crippen LogP) is 5.30. The number of thiophene rings is 1. The third-order valence-corrected chi connectivity index (χ3v) is 6.95. The highest BCUT2D eigenvalue weighted by Gasteiger charge is 2.47. The number of hydrogen-bond acceptors (Lipinski definition) is 7. The van der Waals surface area contributed by atoms with E-state index in [4.69, 9.17) is 4.42 Å². The number of thiazole rings is 1. The van der Waals surface area contributed by atoms with Crippen molar-refractivity contribution in [3.8, 4) is 0 Å². The number of benzene rings is 1. The number of furan rings is 1. The molecule has 3 aromatic heterocycles. The molecule has 1 amide bonds. The molecule has 4 heterocycles. The van der Waals surface area contributed by atoms with Gasteiger partial charge in [-0.25, -0.2) is 4.98 Å². The molecule has 1 aliphatic heterocycles. The number of rotatable bonds is 5. The molecule has 6 nitrogen and oxygen atoms in total. The van der Waals surface area contributed by atoms with Crippen LogP contribution in [0.15, 0.2) is 69.9 Å². The van der Waals surface area contributed by atoms with Crippen LogP contribution in [0.4, 0.5) is 5.13 Å². The minimum atomic E-state index is -0.881. The Labute approximate surface area is 179 Å². The summed E-state index contributed by atoms with van der Waals surface area (Å²) in [6.45, 7) is 2.07. The number of carbonyl (C=O) groups excluding carboxylic acids is 2. The molecule has 0 aliphatic carbocycles.